The highest BCUT2D eigenvalue weighted by Gasteiger charge is 2.18. The van der Waals surface area contributed by atoms with Gasteiger partial charge in [0.25, 0.3) is 0 Å². The van der Waals surface area contributed by atoms with Crippen molar-refractivity contribution in [1.82, 2.24) is 4.90 Å². The van der Waals surface area contributed by atoms with Gasteiger partial charge in [-0.25, -0.2) is 9.59 Å². The minimum atomic E-state index is -0.984. The van der Waals surface area contributed by atoms with Crippen molar-refractivity contribution in [2.75, 3.05) is 44.8 Å². The van der Waals surface area contributed by atoms with E-state index in [2.05, 4.69) is 12.2 Å². The molecule has 0 bridgehead atoms. The van der Waals surface area contributed by atoms with Crippen LogP contribution in [0.2, 0.25) is 5.02 Å². The zero-order valence-corrected chi connectivity index (χ0v) is 21.1. The van der Waals surface area contributed by atoms with Gasteiger partial charge in [0.15, 0.2) is 6.10 Å². The van der Waals surface area contributed by atoms with Gasteiger partial charge in [0.2, 0.25) is 0 Å². The smallest absolute Gasteiger partial charge is 0.333 e. The van der Waals surface area contributed by atoms with Crippen LogP contribution < -0.4 is 10.1 Å². The number of nitrogens with zero attached hydrogens (tertiary/aromatic N) is 1. The molecule has 0 fully saturated rings. The number of urea groups is 1. The lowest BCUT2D eigenvalue weighted by Gasteiger charge is -2.23. The number of halogens is 1. The number of aliphatic carboxylic acids is 1. The van der Waals surface area contributed by atoms with Crippen LogP contribution in [0, 0.1) is 0 Å². The van der Waals surface area contributed by atoms with Gasteiger partial charge in [-0.15, -0.1) is 0 Å². The third-order valence-electron chi connectivity index (χ3n) is 5.09. The van der Waals surface area contributed by atoms with E-state index in [0.717, 1.165) is 12.0 Å². The van der Waals surface area contributed by atoms with Crippen molar-refractivity contribution in [2.45, 2.75) is 39.2 Å². The Morgan fingerprint density at radius 1 is 1.03 bits per heavy atom. The van der Waals surface area contributed by atoms with E-state index in [9.17, 15) is 14.7 Å². The molecule has 0 saturated heterocycles. The number of carboxylic acids is 1. The average Bonchev–Trinajstić information content (AvgIpc) is 2.84. The summed E-state index contributed by atoms with van der Waals surface area (Å²) in [5, 5.41) is 12.6. The number of nitrogens with one attached hydrogen (secondary N) is 1. The van der Waals surface area contributed by atoms with Gasteiger partial charge in [-0.1, -0.05) is 42.8 Å². The fourth-order valence-corrected chi connectivity index (χ4v) is 3.49. The lowest BCUT2D eigenvalue weighted by molar-refractivity contribution is -0.149. The molecule has 2 aromatic rings. The number of carboxylic acid groups (broad SMARTS) is 1. The number of carbonyl (C=O) groups excluding carboxylic acids is 1. The molecular weight excluding hydrogens is 472 g/mol. The second-order valence-electron chi connectivity index (χ2n) is 7.84. The van der Waals surface area contributed by atoms with Crippen LogP contribution in [0.3, 0.4) is 0 Å². The van der Waals surface area contributed by atoms with E-state index < -0.39 is 12.1 Å². The van der Waals surface area contributed by atoms with Crippen LogP contribution in [0.5, 0.6) is 5.75 Å². The Morgan fingerprint density at radius 3 is 2.43 bits per heavy atom. The van der Waals surface area contributed by atoms with Gasteiger partial charge in [-0.05, 0) is 49.6 Å². The molecule has 0 aliphatic carbocycles. The predicted molar refractivity (Wildman–Crippen MR) is 136 cm³/mol. The summed E-state index contributed by atoms with van der Waals surface area (Å²) in [4.78, 5) is 25.8. The standard InChI is InChI=1S/C26H35ClN2O6/c1-3-16-33-17-7-14-29(26(32)28-23-9-6-5-8-22(23)27)15-18-35-21-12-10-20(11-13-21)19-24(25(30)31)34-4-2/h5-6,8-13,24H,3-4,7,14-19H2,1-2H3,(H,28,32)(H,30,31). The summed E-state index contributed by atoms with van der Waals surface area (Å²) < 4.78 is 16.6. The van der Waals surface area contributed by atoms with Gasteiger partial charge in [0.05, 0.1) is 17.3 Å². The summed E-state index contributed by atoms with van der Waals surface area (Å²) >= 11 is 6.18. The first-order chi connectivity index (χ1) is 16.9. The Balaban J connectivity index is 1.91. The highest BCUT2D eigenvalue weighted by atomic mass is 35.5. The number of anilines is 1. The second-order valence-corrected chi connectivity index (χ2v) is 8.25. The Kier molecular flexibility index (Phi) is 13.0. The lowest BCUT2D eigenvalue weighted by atomic mass is 10.1. The number of hydrogen-bond acceptors (Lipinski definition) is 5. The molecule has 2 N–H and O–H groups in total. The minimum Gasteiger partial charge on any atom is -0.492 e. The van der Waals surface area contributed by atoms with Crippen LogP contribution in [0.1, 0.15) is 32.3 Å². The summed E-state index contributed by atoms with van der Waals surface area (Å²) in [6, 6.07) is 14.0. The molecule has 9 heteroatoms. The molecule has 2 amide bonds. The second kappa shape index (κ2) is 16.0. The normalized spacial score (nSPS) is 11.6. The fraction of sp³-hybridized carbons (Fsp3) is 0.462. The molecule has 35 heavy (non-hydrogen) atoms. The van der Waals surface area contributed by atoms with Gasteiger partial charge < -0.3 is 29.5 Å². The third kappa shape index (κ3) is 10.5. The van der Waals surface area contributed by atoms with E-state index in [4.69, 9.17) is 25.8 Å². The number of para-hydroxylation sites is 1. The first kappa shape index (κ1) is 28.4. The largest absolute Gasteiger partial charge is 0.492 e. The monoisotopic (exact) mass is 506 g/mol. The summed E-state index contributed by atoms with van der Waals surface area (Å²) in [5.74, 6) is -0.350. The molecule has 0 saturated carbocycles. The van der Waals surface area contributed by atoms with Gasteiger partial charge in [0, 0.05) is 32.8 Å². The van der Waals surface area contributed by atoms with E-state index in [0.29, 0.717) is 62.4 Å². The third-order valence-corrected chi connectivity index (χ3v) is 5.42. The molecule has 0 radical (unpaired) electrons. The van der Waals surface area contributed by atoms with Crippen LogP contribution in [-0.2, 0) is 20.7 Å². The molecule has 2 aromatic carbocycles. The average molecular weight is 507 g/mol. The molecule has 2 rings (SSSR count). The Hall–Kier alpha value is -2.81. The molecule has 0 spiro atoms. The summed E-state index contributed by atoms with van der Waals surface area (Å²) in [6.45, 7) is 6.60. The van der Waals surface area contributed by atoms with Gasteiger partial charge in [-0.2, -0.15) is 0 Å². The van der Waals surface area contributed by atoms with E-state index in [1.54, 1.807) is 42.2 Å². The van der Waals surface area contributed by atoms with Crippen molar-refractivity contribution in [3.8, 4) is 5.75 Å². The zero-order valence-electron chi connectivity index (χ0n) is 20.4. The van der Waals surface area contributed by atoms with Crippen LogP contribution in [-0.4, -0.2) is 67.6 Å². The number of ether oxygens (including phenoxy) is 3. The highest BCUT2D eigenvalue weighted by Crippen LogP contribution is 2.21. The highest BCUT2D eigenvalue weighted by molar-refractivity contribution is 6.33. The number of benzene rings is 2. The minimum absolute atomic E-state index is 0.261. The topological polar surface area (TPSA) is 97.3 Å². The van der Waals surface area contributed by atoms with Crippen LogP contribution in [0.4, 0.5) is 10.5 Å². The van der Waals surface area contributed by atoms with Crippen molar-refractivity contribution < 1.29 is 28.9 Å². The predicted octanol–water partition coefficient (Wildman–Crippen LogP) is 5.10. The van der Waals surface area contributed by atoms with Gasteiger partial charge >= 0.3 is 12.0 Å². The molecule has 8 nitrogen and oxygen atoms in total. The maximum Gasteiger partial charge on any atom is 0.333 e. The summed E-state index contributed by atoms with van der Waals surface area (Å²) in [7, 11) is 0. The molecule has 1 unspecified atom stereocenters. The molecule has 0 aliphatic heterocycles. The van der Waals surface area contributed by atoms with Crippen molar-refractivity contribution in [2.24, 2.45) is 0 Å². The first-order valence-electron chi connectivity index (χ1n) is 11.9. The van der Waals surface area contributed by atoms with Crippen molar-refractivity contribution in [3.05, 3.63) is 59.1 Å². The first-order valence-corrected chi connectivity index (χ1v) is 12.3. The SMILES string of the molecule is CCCOCCCN(CCOc1ccc(CC(OCC)C(=O)O)cc1)C(=O)Nc1ccccc1Cl. The maximum atomic E-state index is 12.9. The van der Waals surface area contributed by atoms with Gasteiger partial charge in [0.1, 0.15) is 12.4 Å². The number of hydrogen-bond donors (Lipinski definition) is 2. The quantitative estimate of drug-likeness (QED) is 0.307. The zero-order chi connectivity index (χ0) is 25.5. The molecular formula is C26H35ClN2O6. The molecule has 192 valence electrons. The fourth-order valence-electron chi connectivity index (χ4n) is 3.30. The van der Waals surface area contributed by atoms with E-state index in [1.807, 2.05) is 18.2 Å². The number of amides is 2. The lowest BCUT2D eigenvalue weighted by Crippen LogP contribution is -2.39. The summed E-state index contributed by atoms with van der Waals surface area (Å²) in [5.41, 5.74) is 1.39. The molecule has 1 atom stereocenters. The summed E-state index contributed by atoms with van der Waals surface area (Å²) in [6.07, 6.45) is 1.05. The Morgan fingerprint density at radius 2 is 1.77 bits per heavy atom. The van der Waals surface area contributed by atoms with E-state index >= 15 is 0 Å². The maximum absolute atomic E-state index is 12.9. The molecule has 0 heterocycles. The van der Waals surface area contributed by atoms with E-state index in [-0.39, 0.29) is 12.5 Å². The van der Waals surface area contributed by atoms with Crippen molar-refractivity contribution in [3.63, 3.8) is 0 Å². The number of carbonyl (C=O) groups is 2. The van der Waals surface area contributed by atoms with Crippen LogP contribution in [0.25, 0.3) is 0 Å². The number of rotatable bonds is 16. The van der Waals surface area contributed by atoms with Crippen molar-refractivity contribution in [1.29, 1.82) is 0 Å². The van der Waals surface area contributed by atoms with Crippen LogP contribution >= 0.6 is 11.6 Å². The van der Waals surface area contributed by atoms with Crippen LogP contribution in [0.15, 0.2) is 48.5 Å². The Bertz CT molecular complexity index is 909. The van der Waals surface area contributed by atoms with E-state index in [1.165, 1.54) is 0 Å². The molecule has 0 aliphatic rings. The Labute approximate surface area is 212 Å². The van der Waals surface area contributed by atoms with Crippen molar-refractivity contribution >= 4 is 29.3 Å². The van der Waals surface area contributed by atoms with Gasteiger partial charge in [-0.3, -0.25) is 0 Å². The molecule has 0 aromatic heterocycles.